The highest BCUT2D eigenvalue weighted by atomic mass is 32.2. The van der Waals surface area contributed by atoms with Gasteiger partial charge in [-0.05, 0) is 20.3 Å². The summed E-state index contributed by atoms with van der Waals surface area (Å²) < 4.78 is 1.80. The van der Waals surface area contributed by atoms with Gasteiger partial charge in [-0.3, -0.25) is 19.0 Å². The zero-order valence-electron chi connectivity index (χ0n) is 12.3. The maximum absolute atomic E-state index is 11.7. The third kappa shape index (κ3) is 3.84. The Labute approximate surface area is 126 Å². The summed E-state index contributed by atoms with van der Waals surface area (Å²) in [5.41, 5.74) is 0.667. The highest BCUT2D eigenvalue weighted by molar-refractivity contribution is 7.99. The minimum absolute atomic E-state index is 0.0479. The van der Waals surface area contributed by atoms with E-state index in [1.54, 1.807) is 10.5 Å². The molecule has 0 atom stereocenters. The highest BCUT2D eigenvalue weighted by Crippen LogP contribution is 2.17. The number of fused-ring (bicyclic) bond motifs is 1. The molecule has 0 aliphatic heterocycles. The van der Waals surface area contributed by atoms with Crippen molar-refractivity contribution in [2.75, 3.05) is 5.75 Å². The number of carbonyl (C=O) groups excluding carboxylic acids is 1. The van der Waals surface area contributed by atoms with Crippen LogP contribution < -0.4 is 10.9 Å². The van der Waals surface area contributed by atoms with Crippen molar-refractivity contribution in [2.45, 2.75) is 44.8 Å². The van der Waals surface area contributed by atoms with Crippen molar-refractivity contribution >= 4 is 23.4 Å². The average Bonchev–Trinajstić information content (AvgIpc) is 2.79. The summed E-state index contributed by atoms with van der Waals surface area (Å²) in [7, 11) is 0. The molecule has 8 heteroatoms. The molecule has 2 rings (SSSR count). The lowest BCUT2D eigenvalue weighted by molar-refractivity contribution is -0.119. The molecule has 0 radical (unpaired) electrons. The molecule has 2 aromatic heterocycles. The molecule has 0 aliphatic rings. The van der Waals surface area contributed by atoms with Gasteiger partial charge >= 0.3 is 0 Å². The number of aromatic nitrogens is 4. The number of hydrogen-bond donors (Lipinski definition) is 2. The number of carbonyl (C=O) groups is 1. The number of H-pyrrole nitrogens is 1. The molecule has 21 heavy (non-hydrogen) atoms. The number of nitrogens with one attached hydrogen (secondary N) is 2. The first kappa shape index (κ1) is 15.6. The van der Waals surface area contributed by atoms with Crippen molar-refractivity contribution in [3.05, 3.63) is 22.1 Å². The van der Waals surface area contributed by atoms with Gasteiger partial charge in [-0.2, -0.15) is 0 Å². The Morgan fingerprint density at radius 1 is 1.48 bits per heavy atom. The van der Waals surface area contributed by atoms with E-state index in [2.05, 4.69) is 20.5 Å². The van der Waals surface area contributed by atoms with E-state index in [9.17, 15) is 9.59 Å². The average molecular weight is 309 g/mol. The zero-order valence-corrected chi connectivity index (χ0v) is 13.2. The molecule has 0 saturated carbocycles. The van der Waals surface area contributed by atoms with Crippen LogP contribution in [0.4, 0.5) is 0 Å². The lowest BCUT2D eigenvalue weighted by Gasteiger charge is -2.08. The third-order valence-electron chi connectivity index (χ3n) is 2.74. The molecule has 0 unspecified atom stereocenters. The van der Waals surface area contributed by atoms with Gasteiger partial charge in [0.1, 0.15) is 0 Å². The van der Waals surface area contributed by atoms with Gasteiger partial charge < -0.3 is 5.32 Å². The third-order valence-corrected chi connectivity index (χ3v) is 3.67. The van der Waals surface area contributed by atoms with Gasteiger partial charge in [-0.25, -0.2) is 0 Å². The predicted molar refractivity (Wildman–Crippen MR) is 81.6 cm³/mol. The molecule has 114 valence electrons. The fraction of sp³-hybridized carbons (Fsp3) is 0.538. The Hall–Kier alpha value is -1.83. The van der Waals surface area contributed by atoms with Crippen LogP contribution in [0.2, 0.25) is 0 Å². The molecule has 0 fully saturated rings. The van der Waals surface area contributed by atoms with E-state index in [-0.39, 0.29) is 23.3 Å². The van der Waals surface area contributed by atoms with Crippen molar-refractivity contribution in [3.8, 4) is 0 Å². The highest BCUT2D eigenvalue weighted by Gasteiger charge is 2.13. The minimum atomic E-state index is -0.188. The summed E-state index contributed by atoms with van der Waals surface area (Å²) in [5.74, 6) is 0.634. The van der Waals surface area contributed by atoms with Gasteiger partial charge in [0.05, 0.1) is 5.75 Å². The molecular formula is C13H19N5O2S. The smallest absolute Gasteiger partial charge is 0.252 e. The predicted octanol–water partition coefficient (Wildman–Crippen LogP) is 0.987. The number of nitrogens with zero attached hydrogens (tertiary/aromatic N) is 3. The molecule has 7 nitrogen and oxygen atoms in total. The standard InChI is InChI=1S/C13H19N5O2S/c1-4-5-9-6-10(19)15-12-16-17-13(18(9)12)21-7-11(20)14-8(2)3/h6,8H,4-5,7H2,1-3H3,(H,14,20)(H,15,16,19). The lowest BCUT2D eigenvalue weighted by Crippen LogP contribution is -2.31. The maximum Gasteiger partial charge on any atom is 0.252 e. The van der Waals surface area contributed by atoms with Crippen molar-refractivity contribution in [1.82, 2.24) is 24.9 Å². The van der Waals surface area contributed by atoms with Gasteiger partial charge in [0, 0.05) is 17.8 Å². The minimum Gasteiger partial charge on any atom is -0.353 e. The number of hydrogen-bond acceptors (Lipinski definition) is 5. The van der Waals surface area contributed by atoms with Crippen LogP contribution in [0.1, 0.15) is 32.9 Å². The topological polar surface area (TPSA) is 92.2 Å². The largest absolute Gasteiger partial charge is 0.353 e. The van der Waals surface area contributed by atoms with Gasteiger partial charge in [0.2, 0.25) is 11.7 Å². The van der Waals surface area contributed by atoms with Gasteiger partial charge in [-0.1, -0.05) is 25.1 Å². The van der Waals surface area contributed by atoms with Crippen LogP contribution in [0.3, 0.4) is 0 Å². The number of aromatic amines is 1. The van der Waals surface area contributed by atoms with Crippen LogP contribution >= 0.6 is 11.8 Å². The molecule has 2 heterocycles. The number of thioether (sulfide) groups is 1. The summed E-state index contributed by atoms with van der Waals surface area (Å²) in [6.07, 6.45) is 1.67. The molecule has 2 aromatic rings. The normalized spacial score (nSPS) is 11.2. The lowest BCUT2D eigenvalue weighted by atomic mass is 10.2. The van der Waals surface area contributed by atoms with Crippen molar-refractivity contribution in [3.63, 3.8) is 0 Å². The molecule has 1 amide bonds. The molecule has 0 spiro atoms. The molecule has 0 aliphatic carbocycles. The van der Waals surface area contributed by atoms with Crippen molar-refractivity contribution in [2.24, 2.45) is 0 Å². The van der Waals surface area contributed by atoms with Crippen molar-refractivity contribution < 1.29 is 4.79 Å². The molecular weight excluding hydrogens is 290 g/mol. The second kappa shape index (κ2) is 6.75. The van der Waals surface area contributed by atoms with Gasteiger partial charge in [0.25, 0.3) is 5.56 Å². The Kier molecular flexibility index (Phi) is 5.00. The van der Waals surface area contributed by atoms with Crippen molar-refractivity contribution in [1.29, 1.82) is 0 Å². The van der Waals surface area contributed by atoms with Crippen LogP contribution in [0.5, 0.6) is 0 Å². The van der Waals surface area contributed by atoms with E-state index in [1.807, 2.05) is 20.8 Å². The monoisotopic (exact) mass is 309 g/mol. The molecule has 0 bridgehead atoms. The van der Waals surface area contributed by atoms with E-state index in [4.69, 9.17) is 0 Å². The molecule has 2 N–H and O–H groups in total. The first-order valence-electron chi connectivity index (χ1n) is 6.90. The summed E-state index contributed by atoms with van der Waals surface area (Å²) in [4.78, 5) is 25.9. The van der Waals surface area contributed by atoms with E-state index >= 15 is 0 Å². The Morgan fingerprint density at radius 3 is 2.90 bits per heavy atom. The SMILES string of the molecule is CCCc1cc(=O)[nH]c2nnc(SCC(=O)NC(C)C)n12. The zero-order chi connectivity index (χ0) is 15.4. The van der Waals surface area contributed by atoms with E-state index in [1.165, 1.54) is 11.8 Å². The quantitative estimate of drug-likeness (QED) is 0.776. The summed E-state index contributed by atoms with van der Waals surface area (Å²) in [6.45, 7) is 5.87. The van der Waals surface area contributed by atoms with Crippen LogP contribution in [-0.2, 0) is 11.2 Å². The first-order chi connectivity index (χ1) is 10.0. The molecule has 0 aromatic carbocycles. The van der Waals surface area contributed by atoms with Crippen LogP contribution in [-0.4, -0.2) is 37.3 Å². The summed E-state index contributed by atoms with van der Waals surface area (Å²) in [5, 5.41) is 11.5. The van der Waals surface area contributed by atoms with Gasteiger partial charge in [-0.15, -0.1) is 10.2 Å². The second-order valence-corrected chi connectivity index (χ2v) is 5.97. The fourth-order valence-electron chi connectivity index (χ4n) is 2.00. The fourth-order valence-corrected chi connectivity index (χ4v) is 2.77. The number of amides is 1. The van der Waals surface area contributed by atoms with Crippen LogP contribution in [0.25, 0.3) is 5.78 Å². The second-order valence-electron chi connectivity index (χ2n) is 5.03. The Bertz CT molecular complexity index is 691. The molecule has 0 saturated heterocycles. The van der Waals surface area contributed by atoms with Gasteiger partial charge in [0.15, 0.2) is 5.16 Å². The summed E-state index contributed by atoms with van der Waals surface area (Å²) >= 11 is 1.31. The van der Waals surface area contributed by atoms with E-state index in [0.717, 1.165) is 18.5 Å². The van der Waals surface area contributed by atoms with Crippen LogP contribution in [0, 0.1) is 0 Å². The van der Waals surface area contributed by atoms with E-state index in [0.29, 0.717) is 10.9 Å². The van der Waals surface area contributed by atoms with E-state index < -0.39 is 0 Å². The Morgan fingerprint density at radius 2 is 2.24 bits per heavy atom. The number of rotatable bonds is 6. The summed E-state index contributed by atoms with van der Waals surface area (Å²) in [6, 6.07) is 1.67. The first-order valence-corrected chi connectivity index (χ1v) is 7.89. The van der Waals surface area contributed by atoms with Crippen LogP contribution in [0.15, 0.2) is 16.0 Å². The Balaban J connectivity index is 2.24. The maximum atomic E-state index is 11.7. The number of aryl methyl sites for hydroxylation is 1.